The van der Waals surface area contributed by atoms with Gasteiger partial charge in [0.05, 0.1) is 27.7 Å². The molecule has 0 saturated carbocycles. The second-order valence-corrected chi connectivity index (χ2v) is 27.0. The first-order valence-corrected chi connectivity index (χ1v) is 38.7. The molecule has 0 aliphatic heterocycles. The molecule has 0 amide bonds. The highest BCUT2D eigenvalue weighted by molar-refractivity contribution is 7.47. The molecule has 0 bridgehead atoms. The van der Waals surface area contributed by atoms with Crippen LogP contribution in [0.15, 0.2) is 158 Å². The molecule has 0 aromatic carbocycles. The SMILES string of the molecule is CC/C=C\C/C=C\C/C=C\C/C=C\C/C=C\C/C=C\C/C=C\CCCCCCCCCCCCCCCCCC(=O)OC(COC(=O)CCCCCCCCCCCCCC/C=C\C/C=C\C/C=C\C/C=C\C/C=C\C/C=C\CC)COP(=O)(O)OCC[N+](C)(C)C. The summed E-state index contributed by atoms with van der Waals surface area (Å²) in [7, 11) is 1.47. The molecule has 0 radical (unpaired) electrons. The summed E-state index contributed by atoms with van der Waals surface area (Å²) in [5, 5.41) is 0. The molecule has 0 fully saturated rings. The molecule has 0 aliphatic carbocycles. The van der Waals surface area contributed by atoms with E-state index in [1.807, 2.05) is 21.1 Å². The summed E-state index contributed by atoms with van der Waals surface area (Å²) < 4.78 is 34.8. The number of allylic oxidation sites excluding steroid dienone is 26. The van der Waals surface area contributed by atoms with Crippen LogP contribution < -0.4 is 0 Å². The Kier molecular flexibility index (Phi) is 67.6. The largest absolute Gasteiger partial charge is 0.472 e. The number of hydrogen-bond donors (Lipinski definition) is 1. The van der Waals surface area contributed by atoms with Gasteiger partial charge in [-0.1, -0.05) is 320 Å². The Morgan fingerprint density at radius 2 is 0.587 bits per heavy atom. The van der Waals surface area contributed by atoms with Crippen molar-refractivity contribution in [1.29, 1.82) is 0 Å². The van der Waals surface area contributed by atoms with Crippen molar-refractivity contribution in [2.75, 3.05) is 47.5 Å². The van der Waals surface area contributed by atoms with Gasteiger partial charge in [0.2, 0.25) is 0 Å². The number of hydrogen-bond acceptors (Lipinski definition) is 7. The van der Waals surface area contributed by atoms with Crippen LogP contribution in [0.5, 0.6) is 0 Å². The maximum atomic E-state index is 12.9. The van der Waals surface area contributed by atoms with Crippen LogP contribution in [0.2, 0.25) is 0 Å². The third-order valence-corrected chi connectivity index (χ3v) is 16.5. The van der Waals surface area contributed by atoms with Crippen LogP contribution in [-0.4, -0.2) is 74.9 Å². The molecule has 0 aromatic heterocycles. The highest BCUT2D eigenvalue weighted by atomic mass is 31.2. The van der Waals surface area contributed by atoms with Gasteiger partial charge in [-0.25, -0.2) is 4.57 Å². The van der Waals surface area contributed by atoms with E-state index in [0.29, 0.717) is 17.4 Å². The first kappa shape index (κ1) is 87.6. The lowest BCUT2D eigenvalue weighted by atomic mass is 10.0. The number of unbranched alkanes of at least 4 members (excludes halogenated alkanes) is 27. The predicted octanol–water partition coefficient (Wildman–Crippen LogP) is 24.7. The summed E-state index contributed by atoms with van der Waals surface area (Å²) >= 11 is 0. The number of carbonyl (C=O) groups is 2. The number of carbonyl (C=O) groups excluding carboxylic acids is 2. The van der Waals surface area contributed by atoms with E-state index in [1.165, 1.54) is 141 Å². The van der Waals surface area contributed by atoms with E-state index in [4.69, 9.17) is 18.5 Å². The van der Waals surface area contributed by atoms with Crippen molar-refractivity contribution in [2.45, 2.75) is 302 Å². The first-order chi connectivity index (χ1) is 45.0. The quantitative estimate of drug-likeness (QED) is 0.0211. The Morgan fingerprint density at radius 3 is 0.870 bits per heavy atom. The molecule has 0 aromatic rings. The molecule has 2 unspecified atom stereocenters. The van der Waals surface area contributed by atoms with Gasteiger partial charge in [-0.15, -0.1) is 0 Å². The zero-order valence-electron chi connectivity index (χ0n) is 59.7. The summed E-state index contributed by atoms with van der Waals surface area (Å²) in [5.74, 6) is -0.800. The van der Waals surface area contributed by atoms with E-state index >= 15 is 0 Å². The van der Waals surface area contributed by atoms with Crippen molar-refractivity contribution in [3.05, 3.63) is 158 Å². The number of ether oxygens (including phenoxy) is 2. The van der Waals surface area contributed by atoms with Crippen LogP contribution >= 0.6 is 7.82 Å². The number of likely N-dealkylation sites (N-methyl/N-ethyl adjacent to an activating group) is 1. The number of esters is 2. The topological polar surface area (TPSA) is 108 Å². The van der Waals surface area contributed by atoms with Crippen LogP contribution in [0.3, 0.4) is 0 Å². The van der Waals surface area contributed by atoms with E-state index in [0.717, 1.165) is 122 Å². The van der Waals surface area contributed by atoms with Crippen molar-refractivity contribution in [3.63, 3.8) is 0 Å². The smallest absolute Gasteiger partial charge is 0.462 e. The fourth-order valence-corrected chi connectivity index (χ4v) is 10.7. The predicted molar refractivity (Wildman–Crippen MR) is 399 cm³/mol. The maximum absolute atomic E-state index is 12.9. The average Bonchev–Trinajstić information content (AvgIpc) is 2.34. The van der Waals surface area contributed by atoms with Crippen LogP contribution in [0.4, 0.5) is 0 Å². The summed E-state index contributed by atoms with van der Waals surface area (Å²) in [4.78, 5) is 35.9. The molecule has 0 heterocycles. The molecule has 0 spiro atoms. The maximum Gasteiger partial charge on any atom is 0.472 e. The zero-order chi connectivity index (χ0) is 66.9. The van der Waals surface area contributed by atoms with Crippen molar-refractivity contribution in [1.82, 2.24) is 0 Å². The lowest BCUT2D eigenvalue weighted by molar-refractivity contribution is -0.870. The number of rotatable bonds is 67. The van der Waals surface area contributed by atoms with Crippen LogP contribution in [0.1, 0.15) is 296 Å². The normalized spacial score (nSPS) is 14.0. The summed E-state index contributed by atoms with van der Waals surface area (Å²) in [5.41, 5.74) is 0. The Labute approximate surface area is 566 Å². The molecule has 0 rings (SSSR count). The minimum atomic E-state index is -4.40. The van der Waals surface area contributed by atoms with Gasteiger partial charge in [-0.05, 0) is 122 Å². The fraction of sp³-hybridized carbons (Fsp3) is 0.659. The average molecular weight is 1300 g/mol. The molecule has 0 saturated heterocycles. The lowest BCUT2D eigenvalue weighted by Crippen LogP contribution is -2.37. The van der Waals surface area contributed by atoms with E-state index in [1.54, 1.807) is 0 Å². The Morgan fingerprint density at radius 1 is 0.337 bits per heavy atom. The Hall–Kier alpha value is -4.37. The van der Waals surface area contributed by atoms with Crippen LogP contribution in [0, 0.1) is 0 Å². The van der Waals surface area contributed by atoms with Crippen molar-refractivity contribution in [3.8, 4) is 0 Å². The van der Waals surface area contributed by atoms with Gasteiger partial charge in [0.15, 0.2) is 6.10 Å². The van der Waals surface area contributed by atoms with Crippen molar-refractivity contribution < 1.29 is 42.1 Å². The zero-order valence-corrected chi connectivity index (χ0v) is 60.6. The van der Waals surface area contributed by atoms with Gasteiger partial charge in [0.25, 0.3) is 0 Å². The van der Waals surface area contributed by atoms with Crippen LogP contribution in [0.25, 0.3) is 0 Å². The highest BCUT2D eigenvalue weighted by Crippen LogP contribution is 2.43. The fourth-order valence-electron chi connectivity index (χ4n) is 9.94. The molecular formula is C82H139NO8P+. The Bertz CT molecular complexity index is 2110. The molecular weight excluding hydrogens is 1160 g/mol. The van der Waals surface area contributed by atoms with E-state index in [9.17, 15) is 19.0 Å². The van der Waals surface area contributed by atoms with E-state index in [-0.39, 0.29) is 32.0 Å². The van der Waals surface area contributed by atoms with Crippen LogP contribution in [-0.2, 0) is 32.7 Å². The van der Waals surface area contributed by atoms with E-state index < -0.39 is 26.5 Å². The minimum Gasteiger partial charge on any atom is -0.462 e. The molecule has 10 heteroatoms. The molecule has 0 aliphatic rings. The number of phosphoric ester groups is 1. The molecule has 524 valence electrons. The molecule has 92 heavy (non-hydrogen) atoms. The minimum absolute atomic E-state index is 0.0255. The van der Waals surface area contributed by atoms with Gasteiger partial charge in [-0.3, -0.25) is 18.6 Å². The second kappa shape index (κ2) is 70.9. The third-order valence-electron chi connectivity index (χ3n) is 15.6. The van der Waals surface area contributed by atoms with Gasteiger partial charge >= 0.3 is 19.8 Å². The van der Waals surface area contributed by atoms with Gasteiger partial charge in [0, 0.05) is 12.8 Å². The third kappa shape index (κ3) is 74.7. The second-order valence-electron chi connectivity index (χ2n) is 25.6. The van der Waals surface area contributed by atoms with Gasteiger partial charge in [0.1, 0.15) is 19.8 Å². The summed E-state index contributed by atoms with van der Waals surface area (Å²) in [6.07, 6.45) is 106. The number of nitrogens with zero attached hydrogens (tertiary/aromatic N) is 1. The molecule has 2 atom stereocenters. The first-order valence-electron chi connectivity index (χ1n) is 37.2. The van der Waals surface area contributed by atoms with Crippen molar-refractivity contribution in [2.24, 2.45) is 0 Å². The van der Waals surface area contributed by atoms with Gasteiger partial charge in [-0.2, -0.15) is 0 Å². The summed E-state index contributed by atoms with van der Waals surface area (Å²) in [6, 6.07) is 0. The standard InChI is InChI=1S/C82H138NO8P/c1-6-8-10-12-14-16-18-20-22-24-26-28-30-32-34-36-38-39-40-41-42-43-45-47-49-51-53-55-57-59-61-63-65-67-69-71-73-75-82(85)91-80(79-90-92(86,87)89-77-76-83(3,4)5)78-88-81(84)74-72-70-68-66-64-62-60-58-56-54-52-50-48-46-44-37-35-33-31-29-27-25-23-21-19-17-15-13-11-9-7-2/h8-11,14-17,20-23,26-29,32-35,38-39,41-42,44,46,80H,6-7,12-13,18-19,24-25,30-31,36-37,40,43,45,47-79H2,1-5H3/p+1/b10-8-,11-9-,16-14-,17-15-,22-20-,23-21-,28-26-,29-27-,34-32-,35-33-,39-38-,42-41-,46-44-. The van der Waals surface area contributed by atoms with Gasteiger partial charge < -0.3 is 18.9 Å². The van der Waals surface area contributed by atoms with Crippen molar-refractivity contribution >= 4 is 19.8 Å². The molecule has 9 nitrogen and oxygen atoms in total. The molecule has 1 N–H and O–H groups in total. The Balaban J connectivity index is 4.05. The lowest BCUT2D eigenvalue weighted by Gasteiger charge is -2.24. The monoisotopic (exact) mass is 1300 g/mol. The highest BCUT2D eigenvalue weighted by Gasteiger charge is 2.27. The van der Waals surface area contributed by atoms with E-state index in [2.05, 4.69) is 172 Å². The number of quaternary nitrogens is 1. The number of phosphoric acid groups is 1. The summed E-state index contributed by atoms with van der Waals surface area (Å²) in [6.45, 7) is 4.21.